The molecule has 1 aromatic rings. The number of nitrogens with zero attached hydrogens (tertiary/aromatic N) is 1. The lowest BCUT2D eigenvalue weighted by Crippen LogP contribution is -2.16. The minimum absolute atomic E-state index is 0.114. The molecule has 0 aliphatic rings. The van der Waals surface area contributed by atoms with Gasteiger partial charge in [-0.3, -0.25) is 0 Å². The van der Waals surface area contributed by atoms with Gasteiger partial charge in [-0.2, -0.15) is 11.8 Å². The number of aromatic nitrogens is 1. The molecule has 90 valence electrons. The number of nitrogens with one attached hydrogen (secondary N) is 1. The summed E-state index contributed by atoms with van der Waals surface area (Å²) >= 11 is 3.24. The first-order valence-corrected chi connectivity index (χ1v) is 7.20. The van der Waals surface area contributed by atoms with Crippen molar-refractivity contribution >= 4 is 34.2 Å². The summed E-state index contributed by atoms with van der Waals surface area (Å²) in [6, 6.07) is 0.326. The molecule has 0 amide bonds. The monoisotopic (exact) mass is 260 g/mol. The van der Waals surface area contributed by atoms with Gasteiger partial charge in [0.2, 0.25) is 0 Å². The highest BCUT2D eigenvalue weighted by molar-refractivity contribution is 7.99. The zero-order valence-electron chi connectivity index (χ0n) is 9.40. The molecular weight excluding hydrogens is 244 g/mol. The summed E-state index contributed by atoms with van der Waals surface area (Å²) in [7, 11) is 0. The fraction of sp³-hybridized carbons (Fsp3) is 0.600. The standard InChI is InChI=1S/C10H16N2O2S2/c1-3-15-5-4-7(2)11-10-12-8(6-16-10)9(13)14/h6-7H,3-5H2,1-2H3,(H,11,12)(H,13,14). The maximum Gasteiger partial charge on any atom is 0.355 e. The van der Waals surface area contributed by atoms with Crippen molar-refractivity contribution in [3.05, 3.63) is 11.1 Å². The van der Waals surface area contributed by atoms with Crippen LogP contribution in [-0.2, 0) is 0 Å². The number of carbonyl (C=O) groups is 1. The lowest BCUT2D eigenvalue weighted by atomic mass is 10.3. The Balaban J connectivity index is 2.37. The molecule has 6 heteroatoms. The van der Waals surface area contributed by atoms with Crippen LogP contribution in [0.2, 0.25) is 0 Å². The summed E-state index contributed by atoms with van der Waals surface area (Å²) in [6.07, 6.45) is 1.06. The van der Waals surface area contributed by atoms with Gasteiger partial charge >= 0.3 is 5.97 Å². The van der Waals surface area contributed by atoms with Crippen molar-refractivity contribution in [1.82, 2.24) is 4.98 Å². The average molecular weight is 260 g/mol. The van der Waals surface area contributed by atoms with E-state index in [9.17, 15) is 4.79 Å². The molecule has 16 heavy (non-hydrogen) atoms. The van der Waals surface area contributed by atoms with Crippen molar-refractivity contribution in [3.8, 4) is 0 Å². The highest BCUT2D eigenvalue weighted by atomic mass is 32.2. The molecule has 1 atom stereocenters. The van der Waals surface area contributed by atoms with Gasteiger partial charge in [-0.1, -0.05) is 6.92 Å². The quantitative estimate of drug-likeness (QED) is 0.738. The van der Waals surface area contributed by atoms with Gasteiger partial charge in [0, 0.05) is 11.4 Å². The van der Waals surface area contributed by atoms with Crippen molar-refractivity contribution in [2.75, 3.05) is 16.8 Å². The predicted octanol–water partition coefficient (Wildman–Crippen LogP) is 2.78. The van der Waals surface area contributed by atoms with Crippen LogP contribution < -0.4 is 5.32 Å². The van der Waals surface area contributed by atoms with E-state index in [1.165, 1.54) is 11.3 Å². The summed E-state index contributed by atoms with van der Waals surface area (Å²) < 4.78 is 0. The summed E-state index contributed by atoms with van der Waals surface area (Å²) in [5.41, 5.74) is 0.114. The van der Waals surface area contributed by atoms with Crippen LogP contribution in [0, 0.1) is 0 Å². The molecule has 0 aromatic carbocycles. The number of thioether (sulfide) groups is 1. The van der Waals surface area contributed by atoms with Crippen LogP contribution in [0.15, 0.2) is 5.38 Å². The summed E-state index contributed by atoms with van der Waals surface area (Å²) in [6.45, 7) is 4.22. The second-order valence-electron chi connectivity index (χ2n) is 3.37. The van der Waals surface area contributed by atoms with Crippen LogP contribution in [0.3, 0.4) is 0 Å². The Labute approximate surface area is 103 Å². The maximum absolute atomic E-state index is 10.6. The van der Waals surface area contributed by atoms with Gasteiger partial charge < -0.3 is 10.4 Å². The summed E-state index contributed by atoms with van der Waals surface area (Å²) in [5.74, 6) is 1.27. The summed E-state index contributed by atoms with van der Waals surface area (Å²) in [5, 5.41) is 14.2. The second-order valence-corrected chi connectivity index (χ2v) is 5.63. The highest BCUT2D eigenvalue weighted by Gasteiger charge is 2.10. The Morgan fingerprint density at radius 3 is 3.06 bits per heavy atom. The van der Waals surface area contributed by atoms with E-state index < -0.39 is 5.97 Å². The van der Waals surface area contributed by atoms with Crippen molar-refractivity contribution in [2.24, 2.45) is 0 Å². The first-order chi connectivity index (χ1) is 7.63. The highest BCUT2D eigenvalue weighted by Crippen LogP contribution is 2.17. The van der Waals surface area contributed by atoms with Gasteiger partial charge in [0.1, 0.15) is 0 Å². The molecule has 0 aliphatic carbocycles. The van der Waals surface area contributed by atoms with Gasteiger partial charge in [-0.05, 0) is 24.9 Å². The Morgan fingerprint density at radius 1 is 1.75 bits per heavy atom. The van der Waals surface area contributed by atoms with E-state index in [2.05, 4.69) is 24.1 Å². The van der Waals surface area contributed by atoms with E-state index in [4.69, 9.17) is 5.11 Å². The van der Waals surface area contributed by atoms with E-state index in [1.807, 2.05) is 11.8 Å². The van der Waals surface area contributed by atoms with E-state index >= 15 is 0 Å². The molecule has 1 unspecified atom stereocenters. The normalized spacial score (nSPS) is 12.4. The Kier molecular flexibility index (Phi) is 5.62. The summed E-state index contributed by atoms with van der Waals surface area (Å²) in [4.78, 5) is 14.6. The van der Waals surface area contributed by atoms with E-state index in [0.717, 1.165) is 17.9 Å². The first-order valence-electron chi connectivity index (χ1n) is 5.16. The molecule has 0 fully saturated rings. The Bertz CT molecular complexity index is 341. The zero-order valence-corrected chi connectivity index (χ0v) is 11.0. The van der Waals surface area contributed by atoms with Crippen molar-refractivity contribution in [1.29, 1.82) is 0 Å². The van der Waals surface area contributed by atoms with Gasteiger partial charge in [0.05, 0.1) is 0 Å². The zero-order chi connectivity index (χ0) is 12.0. The van der Waals surface area contributed by atoms with Crippen LogP contribution in [0.25, 0.3) is 0 Å². The van der Waals surface area contributed by atoms with Gasteiger partial charge in [0.25, 0.3) is 0 Å². The lowest BCUT2D eigenvalue weighted by Gasteiger charge is -2.11. The smallest absolute Gasteiger partial charge is 0.355 e. The maximum atomic E-state index is 10.6. The third-order valence-electron chi connectivity index (χ3n) is 1.99. The van der Waals surface area contributed by atoms with Gasteiger partial charge in [0.15, 0.2) is 10.8 Å². The fourth-order valence-electron chi connectivity index (χ4n) is 1.13. The molecule has 0 radical (unpaired) electrons. The molecule has 1 heterocycles. The van der Waals surface area contributed by atoms with Crippen LogP contribution >= 0.6 is 23.1 Å². The number of carboxylic acid groups (broad SMARTS) is 1. The molecule has 2 N–H and O–H groups in total. The van der Waals surface area contributed by atoms with E-state index in [-0.39, 0.29) is 5.69 Å². The van der Waals surface area contributed by atoms with Gasteiger partial charge in [-0.15, -0.1) is 11.3 Å². The molecule has 4 nitrogen and oxygen atoms in total. The molecule has 0 spiro atoms. The molecule has 0 aliphatic heterocycles. The molecule has 0 saturated carbocycles. The SMILES string of the molecule is CCSCCC(C)Nc1nc(C(=O)O)cs1. The van der Waals surface area contributed by atoms with Crippen molar-refractivity contribution in [2.45, 2.75) is 26.3 Å². The predicted molar refractivity (Wildman–Crippen MR) is 69.8 cm³/mol. The van der Waals surface area contributed by atoms with Crippen molar-refractivity contribution < 1.29 is 9.90 Å². The van der Waals surface area contributed by atoms with Crippen LogP contribution in [-0.4, -0.2) is 33.6 Å². The number of hydrogen-bond donors (Lipinski definition) is 2. The topological polar surface area (TPSA) is 62.2 Å². The fourth-order valence-corrected chi connectivity index (χ4v) is 2.73. The largest absolute Gasteiger partial charge is 0.476 e. The number of aromatic carboxylic acids is 1. The van der Waals surface area contributed by atoms with Crippen molar-refractivity contribution in [3.63, 3.8) is 0 Å². The molecule has 1 rings (SSSR count). The van der Waals surface area contributed by atoms with Gasteiger partial charge in [-0.25, -0.2) is 9.78 Å². The van der Waals surface area contributed by atoms with Crippen LogP contribution in [0.1, 0.15) is 30.8 Å². The molecule has 0 bridgehead atoms. The minimum Gasteiger partial charge on any atom is -0.476 e. The number of thiazole rings is 1. The number of hydrogen-bond acceptors (Lipinski definition) is 5. The molecule has 0 saturated heterocycles. The van der Waals surface area contributed by atoms with Crippen LogP contribution in [0.4, 0.5) is 5.13 Å². The minimum atomic E-state index is -0.974. The first kappa shape index (κ1) is 13.3. The Morgan fingerprint density at radius 2 is 2.50 bits per heavy atom. The average Bonchev–Trinajstić information content (AvgIpc) is 2.66. The number of carboxylic acids is 1. The van der Waals surface area contributed by atoms with Crippen LogP contribution in [0.5, 0.6) is 0 Å². The Hall–Kier alpha value is -0.750. The van der Waals surface area contributed by atoms with E-state index in [0.29, 0.717) is 11.2 Å². The third-order valence-corrected chi connectivity index (χ3v) is 3.70. The number of rotatable bonds is 7. The lowest BCUT2D eigenvalue weighted by molar-refractivity contribution is 0.0691. The molecule has 1 aromatic heterocycles. The third kappa shape index (κ3) is 4.40. The molecular formula is C10H16N2O2S2. The second kappa shape index (κ2) is 6.75. The van der Waals surface area contributed by atoms with E-state index in [1.54, 1.807) is 5.38 Å². The number of anilines is 1.